The van der Waals surface area contributed by atoms with Crippen LogP contribution < -0.4 is 4.74 Å². The number of phenols is 2. The number of hydrogen-bond acceptors (Lipinski definition) is 4. The summed E-state index contributed by atoms with van der Waals surface area (Å²) in [7, 11) is 0. The first-order valence-electron chi connectivity index (χ1n) is 7.64. The average molecular weight is 353 g/mol. The van der Waals surface area contributed by atoms with E-state index in [2.05, 4.69) is 0 Å². The van der Waals surface area contributed by atoms with E-state index in [-0.39, 0.29) is 17.2 Å². The second-order valence-corrected chi connectivity index (χ2v) is 6.28. The first kappa shape index (κ1) is 15.5. The van der Waals surface area contributed by atoms with Crippen LogP contribution in [-0.4, -0.2) is 16.2 Å². The van der Waals surface area contributed by atoms with Gasteiger partial charge in [0.1, 0.15) is 17.2 Å². The largest absolute Gasteiger partial charge is 0.508 e. The Bertz CT molecular complexity index is 981. The Labute approximate surface area is 148 Å². The van der Waals surface area contributed by atoms with Crippen molar-refractivity contribution in [1.29, 1.82) is 0 Å². The maximum atomic E-state index is 13.1. The van der Waals surface area contributed by atoms with Crippen molar-refractivity contribution in [2.24, 2.45) is 0 Å². The highest BCUT2D eigenvalue weighted by Crippen LogP contribution is 2.51. The summed E-state index contributed by atoms with van der Waals surface area (Å²) in [5.41, 5.74) is 0.248. The van der Waals surface area contributed by atoms with Gasteiger partial charge >= 0.3 is 5.97 Å². The number of para-hydroxylation sites is 1. The van der Waals surface area contributed by atoms with E-state index in [1.54, 1.807) is 48.5 Å². The highest BCUT2D eigenvalue weighted by molar-refractivity contribution is 6.30. The van der Waals surface area contributed by atoms with Gasteiger partial charge in [-0.2, -0.15) is 0 Å². The molecule has 0 bridgehead atoms. The molecule has 1 atom stereocenters. The lowest BCUT2D eigenvalue weighted by Crippen LogP contribution is -2.36. The zero-order valence-electron chi connectivity index (χ0n) is 12.9. The molecule has 2 N–H and O–H groups in total. The summed E-state index contributed by atoms with van der Waals surface area (Å²) >= 11 is 6.00. The number of rotatable bonds is 2. The van der Waals surface area contributed by atoms with Gasteiger partial charge in [-0.15, -0.1) is 0 Å². The molecule has 1 unspecified atom stereocenters. The Morgan fingerprint density at radius 3 is 2.32 bits per heavy atom. The van der Waals surface area contributed by atoms with Crippen molar-refractivity contribution in [2.75, 3.05) is 0 Å². The number of carbonyl (C=O) groups is 1. The molecule has 5 heteroatoms. The van der Waals surface area contributed by atoms with Crippen LogP contribution in [0.5, 0.6) is 17.2 Å². The molecule has 3 aromatic rings. The molecule has 25 heavy (non-hydrogen) atoms. The van der Waals surface area contributed by atoms with Gasteiger partial charge in [0.05, 0.1) is 0 Å². The first-order chi connectivity index (χ1) is 12.0. The van der Waals surface area contributed by atoms with Crippen LogP contribution in [0.1, 0.15) is 16.7 Å². The molecule has 0 amide bonds. The van der Waals surface area contributed by atoms with Crippen LogP contribution in [0.2, 0.25) is 5.02 Å². The van der Waals surface area contributed by atoms with E-state index >= 15 is 0 Å². The summed E-state index contributed by atoms with van der Waals surface area (Å²) < 4.78 is 5.45. The molecule has 4 nitrogen and oxygen atoms in total. The van der Waals surface area contributed by atoms with Crippen molar-refractivity contribution >= 4 is 17.6 Å². The Hall–Kier alpha value is -2.98. The fourth-order valence-electron chi connectivity index (χ4n) is 3.37. The third kappa shape index (κ3) is 2.18. The van der Waals surface area contributed by atoms with E-state index in [1.807, 2.05) is 0 Å². The minimum atomic E-state index is -1.33. The number of halogens is 1. The van der Waals surface area contributed by atoms with E-state index in [9.17, 15) is 15.0 Å². The Kier molecular flexibility index (Phi) is 3.44. The van der Waals surface area contributed by atoms with Crippen molar-refractivity contribution in [2.45, 2.75) is 5.41 Å². The third-order valence-electron chi connectivity index (χ3n) is 4.46. The molecule has 0 radical (unpaired) electrons. The van der Waals surface area contributed by atoms with Crippen LogP contribution in [0.15, 0.2) is 66.7 Å². The predicted octanol–water partition coefficient (Wildman–Crippen LogP) is 4.00. The number of hydrogen-bond donors (Lipinski definition) is 2. The molecule has 1 aliphatic heterocycles. The molecule has 0 aromatic heterocycles. The zero-order valence-corrected chi connectivity index (χ0v) is 13.7. The van der Waals surface area contributed by atoms with Gasteiger partial charge in [-0.3, -0.25) is 0 Å². The van der Waals surface area contributed by atoms with Gasteiger partial charge in [0.25, 0.3) is 0 Å². The number of esters is 1. The van der Waals surface area contributed by atoms with Crippen molar-refractivity contribution in [3.05, 3.63) is 88.4 Å². The highest BCUT2D eigenvalue weighted by Gasteiger charge is 2.53. The van der Waals surface area contributed by atoms with E-state index < -0.39 is 11.4 Å². The van der Waals surface area contributed by atoms with Crippen molar-refractivity contribution in [3.8, 4) is 17.2 Å². The lowest BCUT2D eigenvalue weighted by Gasteiger charge is -2.28. The molecule has 3 aromatic carbocycles. The molecular weight excluding hydrogens is 340 g/mol. The molecule has 0 saturated heterocycles. The van der Waals surface area contributed by atoms with Crippen LogP contribution in [0.3, 0.4) is 0 Å². The van der Waals surface area contributed by atoms with E-state index in [0.29, 0.717) is 21.7 Å². The van der Waals surface area contributed by atoms with E-state index in [1.165, 1.54) is 18.2 Å². The SMILES string of the molecule is O=C1Oc2cc(O)ccc2C1(c1ccc(Cl)cc1)c1ccccc1O. The second kappa shape index (κ2) is 5.53. The number of benzene rings is 3. The summed E-state index contributed by atoms with van der Waals surface area (Å²) in [5, 5.41) is 20.7. The van der Waals surface area contributed by atoms with Gasteiger partial charge in [0.15, 0.2) is 5.41 Å². The summed E-state index contributed by atoms with van der Waals surface area (Å²) in [6, 6.07) is 18.0. The van der Waals surface area contributed by atoms with Crippen LogP contribution >= 0.6 is 11.6 Å². The minimum absolute atomic E-state index is 0.00394. The minimum Gasteiger partial charge on any atom is -0.508 e. The first-order valence-corrected chi connectivity index (χ1v) is 8.01. The van der Waals surface area contributed by atoms with Gasteiger partial charge in [-0.25, -0.2) is 4.79 Å². The number of ether oxygens (including phenoxy) is 1. The fraction of sp³-hybridized carbons (Fsp3) is 0.0500. The van der Waals surface area contributed by atoms with Crippen LogP contribution in [0.4, 0.5) is 0 Å². The summed E-state index contributed by atoms with van der Waals surface area (Å²) in [4.78, 5) is 13.1. The smallest absolute Gasteiger partial charge is 0.331 e. The summed E-state index contributed by atoms with van der Waals surface area (Å²) in [6.07, 6.45) is 0. The fourth-order valence-corrected chi connectivity index (χ4v) is 3.49. The molecule has 124 valence electrons. The standard InChI is InChI=1S/C20H13ClO4/c21-13-7-5-12(6-8-13)20(15-3-1-2-4-17(15)23)16-10-9-14(22)11-18(16)25-19(20)24/h1-11,22-23H. The van der Waals surface area contributed by atoms with Crippen LogP contribution in [-0.2, 0) is 10.2 Å². The van der Waals surface area contributed by atoms with Crippen LogP contribution in [0.25, 0.3) is 0 Å². The zero-order chi connectivity index (χ0) is 17.6. The molecule has 1 heterocycles. The van der Waals surface area contributed by atoms with Crippen LogP contribution in [0, 0.1) is 0 Å². The Balaban J connectivity index is 2.10. The third-order valence-corrected chi connectivity index (χ3v) is 4.72. The summed E-state index contributed by atoms with van der Waals surface area (Å²) in [5.74, 6) is -0.300. The van der Waals surface area contributed by atoms with Gasteiger partial charge in [0.2, 0.25) is 0 Å². The maximum Gasteiger partial charge on any atom is 0.331 e. The highest BCUT2D eigenvalue weighted by atomic mass is 35.5. The number of carbonyl (C=O) groups excluding carboxylic acids is 1. The Morgan fingerprint density at radius 2 is 1.60 bits per heavy atom. The molecule has 0 spiro atoms. The van der Waals surface area contributed by atoms with Gasteiger partial charge in [-0.05, 0) is 35.9 Å². The summed E-state index contributed by atoms with van der Waals surface area (Å²) in [6.45, 7) is 0. The molecule has 1 aliphatic rings. The molecule has 0 aliphatic carbocycles. The lowest BCUT2D eigenvalue weighted by molar-refractivity contribution is -0.135. The average Bonchev–Trinajstić information content (AvgIpc) is 2.88. The normalized spacial score (nSPS) is 18.7. The van der Waals surface area contributed by atoms with Gasteiger partial charge in [-0.1, -0.05) is 41.9 Å². The van der Waals surface area contributed by atoms with E-state index in [4.69, 9.17) is 16.3 Å². The van der Waals surface area contributed by atoms with Gasteiger partial charge in [0, 0.05) is 22.2 Å². The van der Waals surface area contributed by atoms with Crippen molar-refractivity contribution in [1.82, 2.24) is 0 Å². The monoisotopic (exact) mass is 352 g/mol. The Morgan fingerprint density at radius 1 is 0.880 bits per heavy atom. The number of aromatic hydroxyl groups is 2. The van der Waals surface area contributed by atoms with Crippen molar-refractivity contribution < 1.29 is 19.7 Å². The maximum absolute atomic E-state index is 13.1. The quantitative estimate of drug-likeness (QED) is 0.540. The van der Waals surface area contributed by atoms with Gasteiger partial charge < -0.3 is 14.9 Å². The molecule has 0 saturated carbocycles. The second-order valence-electron chi connectivity index (χ2n) is 5.84. The number of fused-ring (bicyclic) bond motifs is 1. The topological polar surface area (TPSA) is 66.8 Å². The van der Waals surface area contributed by atoms with Crippen molar-refractivity contribution in [3.63, 3.8) is 0 Å². The lowest BCUT2D eigenvalue weighted by atomic mass is 9.70. The number of phenolic OH excluding ortho intramolecular Hbond substituents is 2. The molecule has 0 fully saturated rings. The predicted molar refractivity (Wildman–Crippen MR) is 93.2 cm³/mol. The molecule has 4 rings (SSSR count). The van der Waals surface area contributed by atoms with E-state index in [0.717, 1.165) is 0 Å². The molecular formula is C20H13ClO4.